The Kier molecular flexibility index (Phi) is 5.99. The standard InChI is InChI=1S/C19H20BrClN2O2/c1-25-18-6-5-17(21)12-15(18)13-22-7-9-23(10-8-22)19(24)14-3-2-4-16(20)11-14/h2-6,11-12H,7-10,13H2,1H3. The van der Waals surface area contributed by atoms with Crippen molar-refractivity contribution in [2.24, 2.45) is 0 Å². The maximum absolute atomic E-state index is 12.6. The van der Waals surface area contributed by atoms with Crippen molar-refractivity contribution in [1.29, 1.82) is 0 Å². The molecule has 6 heteroatoms. The van der Waals surface area contributed by atoms with Crippen LogP contribution in [0, 0.1) is 0 Å². The summed E-state index contributed by atoms with van der Waals surface area (Å²) in [4.78, 5) is 16.8. The van der Waals surface area contributed by atoms with Gasteiger partial charge in [-0.15, -0.1) is 0 Å². The van der Waals surface area contributed by atoms with Gasteiger partial charge in [0.25, 0.3) is 5.91 Å². The van der Waals surface area contributed by atoms with Crippen molar-refractivity contribution in [2.75, 3.05) is 33.3 Å². The fraction of sp³-hybridized carbons (Fsp3) is 0.316. The zero-order valence-corrected chi connectivity index (χ0v) is 16.4. The molecule has 1 aliphatic rings. The second kappa shape index (κ2) is 8.21. The largest absolute Gasteiger partial charge is 0.496 e. The van der Waals surface area contributed by atoms with Crippen LogP contribution in [0.3, 0.4) is 0 Å². The fourth-order valence-corrected chi connectivity index (χ4v) is 3.62. The van der Waals surface area contributed by atoms with Gasteiger partial charge in [-0.25, -0.2) is 0 Å². The number of benzene rings is 2. The molecule has 0 aromatic heterocycles. The number of ether oxygens (including phenoxy) is 1. The van der Waals surface area contributed by atoms with E-state index in [1.807, 2.05) is 47.4 Å². The molecule has 2 aromatic carbocycles. The highest BCUT2D eigenvalue weighted by Crippen LogP contribution is 2.24. The first-order valence-electron chi connectivity index (χ1n) is 8.16. The maximum Gasteiger partial charge on any atom is 0.253 e. The van der Waals surface area contributed by atoms with E-state index in [0.717, 1.165) is 41.0 Å². The summed E-state index contributed by atoms with van der Waals surface area (Å²) in [7, 11) is 1.67. The number of amides is 1. The van der Waals surface area contributed by atoms with E-state index in [1.165, 1.54) is 0 Å². The molecule has 0 atom stereocenters. The van der Waals surface area contributed by atoms with E-state index in [1.54, 1.807) is 7.11 Å². The van der Waals surface area contributed by atoms with E-state index in [2.05, 4.69) is 20.8 Å². The number of piperazine rings is 1. The second-order valence-electron chi connectivity index (χ2n) is 6.03. The van der Waals surface area contributed by atoms with Gasteiger partial charge in [0.15, 0.2) is 0 Å². The molecular formula is C19H20BrClN2O2. The third kappa shape index (κ3) is 4.54. The Morgan fingerprint density at radius 2 is 1.92 bits per heavy atom. The van der Waals surface area contributed by atoms with E-state index in [0.29, 0.717) is 18.1 Å². The van der Waals surface area contributed by atoms with Crippen LogP contribution in [0.2, 0.25) is 5.02 Å². The number of carbonyl (C=O) groups excluding carboxylic acids is 1. The number of methoxy groups -OCH3 is 1. The van der Waals surface area contributed by atoms with Crippen LogP contribution in [0.1, 0.15) is 15.9 Å². The summed E-state index contributed by atoms with van der Waals surface area (Å²) in [5.74, 6) is 0.929. The normalized spacial score (nSPS) is 15.2. The van der Waals surface area contributed by atoms with Crippen molar-refractivity contribution in [3.8, 4) is 5.75 Å². The van der Waals surface area contributed by atoms with Crippen LogP contribution in [0.4, 0.5) is 0 Å². The van der Waals surface area contributed by atoms with Gasteiger partial charge in [-0.1, -0.05) is 33.6 Å². The van der Waals surface area contributed by atoms with Gasteiger partial charge in [0.2, 0.25) is 0 Å². The third-order valence-corrected chi connectivity index (χ3v) is 5.10. The first-order chi connectivity index (χ1) is 12.1. The predicted octanol–water partition coefficient (Wildman–Crippen LogP) is 4.07. The maximum atomic E-state index is 12.6. The average molecular weight is 424 g/mol. The van der Waals surface area contributed by atoms with E-state index < -0.39 is 0 Å². The molecule has 0 saturated carbocycles. The van der Waals surface area contributed by atoms with Crippen LogP contribution in [0.5, 0.6) is 5.75 Å². The number of nitrogens with zero attached hydrogens (tertiary/aromatic N) is 2. The Hall–Kier alpha value is -1.56. The summed E-state index contributed by atoms with van der Waals surface area (Å²) < 4.78 is 6.34. The molecule has 1 saturated heterocycles. The van der Waals surface area contributed by atoms with E-state index in [9.17, 15) is 4.79 Å². The number of halogens is 2. The molecule has 0 spiro atoms. The molecule has 0 aliphatic carbocycles. The molecule has 1 heterocycles. The van der Waals surface area contributed by atoms with E-state index >= 15 is 0 Å². The van der Waals surface area contributed by atoms with Gasteiger partial charge in [0.05, 0.1) is 7.11 Å². The van der Waals surface area contributed by atoms with E-state index in [4.69, 9.17) is 16.3 Å². The molecule has 1 fully saturated rings. The van der Waals surface area contributed by atoms with Crippen LogP contribution < -0.4 is 4.74 Å². The van der Waals surface area contributed by atoms with Crippen molar-refractivity contribution in [3.63, 3.8) is 0 Å². The van der Waals surface area contributed by atoms with Crippen molar-refractivity contribution in [2.45, 2.75) is 6.54 Å². The summed E-state index contributed by atoms with van der Waals surface area (Å²) in [6.07, 6.45) is 0. The Labute approximate surface area is 161 Å². The lowest BCUT2D eigenvalue weighted by atomic mass is 10.1. The first kappa shape index (κ1) is 18.2. The van der Waals surface area contributed by atoms with Gasteiger partial charge in [-0.05, 0) is 36.4 Å². The zero-order valence-electron chi connectivity index (χ0n) is 14.0. The summed E-state index contributed by atoms with van der Waals surface area (Å²) in [6, 6.07) is 13.2. The molecule has 0 unspecified atom stereocenters. The van der Waals surface area contributed by atoms with Gasteiger partial charge in [-0.2, -0.15) is 0 Å². The lowest BCUT2D eigenvalue weighted by Crippen LogP contribution is -2.48. The van der Waals surface area contributed by atoms with Crippen molar-refractivity contribution < 1.29 is 9.53 Å². The monoisotopic (exact) mass is 422 g/mol. The molecule has 1 amide bonds. The van der Waals surface area contributed by atoms with E-state index in [-0.39, 0.29) is 5.91 Å². The molecule has 1 aliphatic heterocycles. The van der Waals surface area contributed by atoms with Crippen LogP contribution in [-0.2, 0) is 6.54 Å². The smallest absolute Gasteiger partial charge is 0.253 e. The third-order valence-electron chi connectivity index (χ3n) is 4.37. The molecular weight excluding hydrogens is 404 g/mol. The minimum absolute atomic E-state index is 0.0845. The highest BCUT2D eigenvalue weighted by Gasteiger charge is 2.23. The summed E-state index contributed by atoms with van der Waals surface area (Å²) >= 11 is 9.52. The number of hydrogen-bond donors (Lipinski definition) is 0. The van der Waals surface area contributed by atoms with Crippen molar-refractivity contribution in [3.05, 3.63) is 63.1 Å². The average Bonchev–Trinajstić information content (AvgIpc) is 2.62. The summed E-state index contributed by atoms with van der Waals surface area (Å²) in [6.45, 7) is 3.86. The predicted molar refractivity (Wildman–Crippen MR) is 103 cm³/mol. The first-order valence-corrected chi connectivity index (χ1v) is 9.33. The van der Waals surface area contributed by atoms with Crippen molar-refractivity contribution >= 4 is 33.4 Å². The summed E-state index contributed by atoms with van der Waals surface area (Å²) in [5, 5.41) is 0.708. The quantitative estimate of drug-likeness (QED) is 0.743. The second-order valence-corrected chi connectivity index (χ2v) is 7.39. The minimum Gasteiger partial charge on any atom is -0.496 e. The van der Waals surface area contributed by atoms with Crippen molar-refractivity contribution in [1.82, 2.24) is 9.80 Å². The van der Waals surface area contributed by atoms with Crippen LogP contribution in [0.25, 0.3) is 0 Å². The lowest BCUT2D eigenvalue weighted by Gasteiger charge is -2.35. The molecule has 0 bridgehead atoms. The van der Waals surface area contributed by atoms with Crippen LogP contribution in [0.15, 0.2) is 46.9 Å². The molecule has 0 radical (unpaired) electrons. The van der Waals surface area contributed by atoms with Gasteiger partial charge in [0, 0.05) is 53.3 Å². The number of rotatable bonds is 4. The molecule has 132 valence electrons. The van der Waals surface area contributed by atoms with Gasteiger partial charge in [-0.3, -0.25) is 9.69 Å². The Morgan fingerprint density at radius 1 is 1.16 bits per heavy atom. The molecule has 25 heavy (non-hydrogen) atoms. The fourth-order valence-electron chi connectivity index (χ4n) is 3.02. The van der Waals surface area contributed by atoms with Gasteiger partial charge in [0.1, 0.15) is 5.75 Å². The number of hydrogen-bond acceptors (Lipinski definition) is 3. The highest BCUT2D eigenvalue weighted by molar-refractivity contribution is 9.10. The van der Waals surface area contributed by atoms with Gasteiger partial charge >= 0.3 is 0 Å². The zero-order chi connectivity index (χ0) is 17.8. The minimum atomic E-state index is 0.0845. The number of carbonyl (C=O) groups is 1. The van der Waals surface area contributed by atoms with Gasteiger partial charge < -0.3 is 9.64 Å². The Balaban J connectivity index is 1.61. The lowest BCUT2D eigenvalue weighted by molar-refractivity contribution is 0.0627. The van der Waals surface area contributed by atoms with Crippen LogP contribution in [-0.4, -0.2) is 49.0 Å². The highest BCUT2D eigenvalue weighted by atomic mass is 79.9. The Morgan fingerprint density at radius 3 is 2.60 bits per heavy atom. The molecule has 2 aromatic rings. The topological polar surface area (TPSA) is 32.8 Å². The van der Waals surface area contributed by atoms with Crippen LogP contribution >= 0.6 is 27.5 Å². The summed E-state index contributed by atoms with van der Waals surface area (Å²) in [5.41, 5.74) is 1.79. The molecule has 3 rings (SSSR count). The molecule has 0 N–H and O–H groups in total. The Bertz CT molecular complexity index is 761. The molecule has 4 nitrogen and oxygen atoms in total. The SMILES string of the molecule is COc1ccc(Cl)cc1CN1CCN(C(=O)c2cccc(Br)c2)CC1.